The minimum atomic E-state index is 0.0691. The Labute approximate surface area is 99.2 Å². The summed E-state index contributed by atoms with van der Waals surface area (Å²) < 4.78 is 0.736. The number of halogens is 2. The van der Waals surface area contributed by atoms with Crippen LogP contribution in [0.2, 0.25) is 0 Å². The van der Waals surface area contributed by atoms with Gasteiger partial charge in [-0.15, -0.1) is 0 Å². The van der Waals surface area contributed by atoms with Crippen molar-refractivity contribution in [3.63, 3.8) is 0 Å². The number of Topliss-reactive ketones (excluding diaryl/α,β-unsaturated/α-hetero) is 1. The van der Waals surface area contributed by atoms with Crippen molar-refractivity contribution in [1.29, 1.82) is 5.26 Å². The maximum atomic E-state index is 11.2. The van der Waals surface area contributed by atoms with E-state index in [4.69, 9.17) is 5.26 Å². The molecule has 0 saturated carbocycles. The molecule has 0 atom stereocenters. The van der Waals surface area contributed by atoms with E-state index in [0.29, 0.717) is 17.3 Å². The molecule has 0 aromatic heterocycles. The van der Waals surface area contributed by atoms with Crippen LogP contribution in [0.15, 0.2) is 22.7 Å². The highest BCUT2D eigenvalue weighted by Crippen LogP contribution is 2.20. The SMILES string of the molecule is N#Cc1c(Br)cccc1CC(=O)CBr. The molecule has 0 saturated heterocycles. The molecule has 0 N–H and O–H groups in total. The molecule has 0 aliphatic carbocycles. The number of carbonyl (C=O) groups excluding carboxylic acids is 1. The number of rotatable bonds is 3. The van der Waals surface area contributed by atoms with E-state index >= 15 is 0 Å². The molecule has 0 unspecified atom stereocenters. The molecule has 0 aliphatic heterocycles. The third-order valence-electron chi connectivity index (χ3n) is 1.75. The number of ketones is 1. The minimum absolute atomic E-state index is 0.0691. The summed E-state index contributed by atoms with van der Waals surface area (Å²) in [6, 6.07) is 7.49. The number of hydrogen-bond acceptors (Lipinski definition) is 2. The Bertz CT molecular complexity index is 396. The Morgan fingerprint density at radius 1 is 1.50 bits per heavy atom. The zero-order chi connectivity index (χ0) is 10.6. The number of carbonyl (C=O) groups is 1. The van der Waals surface area contributed by atoms with E-state index in [1.807, 2.05) is 6.07 Å². The summed E-state index contributed by atoms with van der Waals surface area (Å²) in [5, 5.41) is 9.21. The topological polar surface area (TPSA) is 40.9 Å². The number of hydrogen-bond donors (Lipinski definition) is 0. The van der Waals surface area contributed by atoms with Crippen LogP contribution in [0.1, 0.15) is 11.1 Å². The van der Waals surface area contributed by atoms with Gasteiger partial charge in [-0.1, -0.05) is 28.1 Å². The first-order valence-corrected chi connectivity index (χ1v) is 5.85. The van der Waals surface area contributed by atoms with Crippen LogP contribution in [0.3, 0.4) is 0 Å². The van der Waals surface area contributed by atoms with Crippen molar-refractivity contribution in [1.82, 2.24) is 0 Å². The van der Waals surface area contributed by atoms with Gasteiger partial charge in [-0.05, 0) is 27.6 Å². The van der Waals surface area contributed by atoms with E-state index in [1.54, 1.807) is 12.1 Å². The van der Waals surface area contributed by atoms with Crippen molar-refractivity contribution in [2.24, 2.45) is 0 Å². The Morgan fingerprint density at radius 3 is 2.79 bits per heavy atom. The minimum Gasteiger partial charge on any atom is -0.298 e. The molecule has 0 heterocycles. The fourth-order valence-corrected chi connectivity index (χ4v) is 1.80. The second-order valence-corrected chi connectivity index (χ2v) is 4.15. The maximum absolute atomic E-state index is 11.2. The molecular formula is C10H7Br2NO. The molecule has 72 valence electrons. The molecular weight excluding hydrogens is 310 g/mol. The highest BCUT2D eigenvalue weighted by Gasteiger charge is 2.09. The van der Waals surface area contributed by atoms with Crippen LogP contribution in [0.5, 0.6) is 0 Å². The van der Waals surface area contributed by atoms with Crippen LogP contribution in [0, 0.1) is 11.3 Å². The third-order valence-corrected chi connectivity index (χ3v) is 3.03. The van der Waals surface area contributed by atoms with Gasteiger partial charge >= 0.3 is 0 Å². The van der Waals surface area contributed by atoms with Gasteiger partial charge in [0.05, 0.1) is 10.9 Å². The lowest BCUT2D eigenvalue weighted by molar-refractivity contribution is -0.115. The molecule has 0 bridgehead atoms. The normalized spacial score (nSPS) is 9.50. The summed E-state index contributed by atoms with van der Waals surface area (Å²) in [6.45, 7) is 0. The smallest absolute Gasteiger partial charge is 0.147 e. The highest BCUT2D eigenvalue weighted by atomic mass is 79.9. The van der Waals surface area contributed by atoms with E-state index in [1.165, 1.54) is 0 Å². The zero-order valence-electron chi connectivity index (χ0n) is 7.26. The maximum Gasteiger partial charge on any atom is 0.147 e. The van der Waals surface area contributed by atoms with Crippen LogP contribution >= 0.6 is 31.9 Å². The van der Waals surface area contributed by atoms with Crippen LogP contribution < -0.4 is 0 Å². The van der Waals surface area contributed by atoms with Gasteiger partial charge in [-0.3, -0.25) is 4.79 Å². The first-order chi connectivity index (χ1) is 6.69. The van der Waals surface area contributed by atoms with Crippen LogP contribution in [0.4, 0.5) is 0 Å². The Morgan fingerprint density at radius 2 is 2.21 bits per heavy atom. The standard InChI is InChI=1S/C10H7Br2NO/c11-5-8(14)4-7-2-1-3-10(12)9(7)6-13/h1-3H,4-5H2. The molecule has 1 aromatic rings. The van der Waals surface area contributed by atoms with Crippen molar-refractivity contribution in [3.05, 3.63) is 33.8 Å². The summed E-state index contributed by atoms with van der Waals surface area (Å²) in [5.41, 5.74) is 1.31. The van der Waals surface area contributed by atoms with Crippen LogP contribution in [-0.2, 0) is 11.2 Å². The van der Waals surface area contributed by atoms with Gasteiger partial charge in [-0.2, -0.15) is 5.26 Å². The summed E-state index contributed by atoms with van der Waals surface area (Å²) in [6.07, 6.45) is 0.299. The fourth-order valence-electron chi connectivity index (χ4n) is 1.10. The van der Waals surface area contributed by atoms with Crippen LogP contribution in [0.25, 0.3) is 0 Å². The molecule has 4 heteroatoms. The predicted molar refractivity (Wildman–Crippen MR) is 61.4 cm³/mol. The lowest BCUT2D eigenvalue weighted by Gasteiger charge is -2.03. The molecule has 2 nitrogen and oxygen atoms in total. The average molecular weight is 317 g/mol. The van der Waals surface area contributed by atoms with E-state index in [9.17, 15) is 4.79 Å². The van der Waals surface area contributed by atoms with Gasteiger partial charge in [-0.25, -0.2) is 0 Å². The first-order valence-electron chi connectivity index (χ1n) is 3.94. The van der Waals surface area contributed by atoms with Crippen molar-refractivity contribution >= 4 is 37.6 Å². The summed E-state index contributed by atoms with van der Waals surface area (Å²) in [7, 11) is 0. The van der Waals surface area contributed by atoms with E-state index < -0.39 is 0 Å². The van der Waals surface area contributed by atoms with Crippen molar-refractivity contribution < 1.29 is 4.79 Å². The number of nitrogens with zero attached hydrogens (tertiary/aromatic N) is 1. The van der Waals surface area contributed by atoms with E-state index in [-0.39, 0.29) is 5.78 Å². The first kappa shape index (κ1) is 11.4. The lowest BCUT2D eigenvalue weighted by atomic mass is 10.0. The van der Waals surface area contributed by atoms with Gasteiger partial charge in [0.15, 0.2) is 0 Å². The molecule has 0 spiro atoms. The van der Waals surface area contributed by atoms with Gasteiger partial charge in [0.25, 0.3) is 0 Å². The fraction of sp³-hybridized carbons (Fsp3) is 0.200. The highest BCUT2D eigenvalue weighted by molar-refractivity contribution is 9.10. The molecule has 1 aromatic carbocycles. The van der Waals surface area contributed by atoms with Crippen LogP contribution in [-0.4, -0.2) is 11.1 Å². The van der Waals surface area contributed by atoms with Gasteiger partial charge in [0.1, 0.15) is 11.9 Å². The predicted octanol–water partition coefficient (Wildman–Crippen LogP) is 2.83. The second-order valence-electron chi connectivity index (χ2n) is 2.73. The summed E-state index contributed by atoms with van der Waals surface area (Å²) in [5.74, 6) is 0.0691. The van der Waals surface area contributed by atoms with E-state index in [0.717, 1.165) is 10.0 Å². The van der Waals surface area contributed by atoms with Gasteiger partial charge < -0.3 is 0 Å². The second kappa shape index (κ2) is 5.28. The Kier molecular flexibility index (Phi) is 4.30. The van der Waals surface area contributed by atoms with Crippen molar-refractivity contribution in [2.45, 2.75) is 6.42 Å². The number of nitriles is 1. The average Bonchev–Trinajstić information content (AvgIpc) is 2.18. The van der Waals surface area contributed by atoms with Gasteiger partial charge in [0, 0.05) is 10.9 Å². The largest absolute Gasteiger partial charge is 0.298 e. The third kappa shape index (κ3) is 2.66. The number of alkyl halides is 1. The quantitative estimate of drug-likeness (QED) is 0.805. The lowest BCUT2D eigenvalue weighted by Crippen LogP contribution is -2.05. The molecule has 0 radical (unpaired) electrons. The Hall–Kier alpha value is -0.660. The zero-order valence-corrected chi connectivity index (χ0v) is 10.4. The number of benzene rings is 1. The Balaban J connectivity index is 3.04. The molecule has 1 rings (SSSR count). The molecule has 0 amide bonds. The van der Waals surface area contributed by atoms with Gasteiger partial charge in [0.2, 0.25) is 0 Å². The van der Waals surface area contributed by atoms with E-state index in [2.05, 4.69) is 37.9 Å². The summed E-state index contributed by atoms with van der Waals surface area (Å²) in [4.78, 5) is 11.2. The monoisotopic (exact) mass is 315 g/mol. The molecule has 0 aliphatic rings. The summed E-state index contributed by atoms with van der Waals surface area (Å²) >= 11 is 6.37. The molecule has 0 fully saturated rings. The molecule has 14 heavy (non-hydrogen) atoms. The van der Waals surface area contributed by atoms with Crippen molar-refractivity contribution in [3.8, 4) is 6.07 Å². The van der Waals surface area contributed by atoms with Crippen molar-refractivity contribution in [2.75, 3.05) is 5.33 Å².